The van der Waals surface area contributed by atoms with Crippen LogP contribution in [0, 0.1) is 0 Å². The van der Waals surface area contributed by atoms with Crippen LogP contribution >= 0.6 is 11.6 Å². The van der Waals surface area contributed by atoms with Crippen LogP contribution in [0.1, 0.15) is 24.5 Å². The average molecular weight is 347 g/mol. The van der Waals surface area contributed by atoms with Crippen molar-refractivity contribution in [1.82, 2.24) is 10.6 Å². The summed E-state index contributed by atoms with van der Waals surface area (Å²) in [4.78, 5) is 12.1. The summed E-state index contributed by atoms with van der Waals surface area (Å²) in [6, 6.07) is 17.1. The van der Waals surface area contributed by atoms with E-state index in [1.807, 2.05) is 49.4 Å². The lowest BCUT2D eigenvalue weighted by molar-refractivity contribution is -0.0152. The highest BCUT2D eigenvalue weighted by Crippen LogP contribution is 2.27. The molecule has 1 atom stereocenters. The highest BCUT2D eigenvalue weighted by molar-refractivity contribution is 6.30. The van der Waals surface area contributed by atoms with Crippen LogP contribution in [0.2, 0.25) is 5.02 Å². The largest absolute Gasteiger partial charge is 0.372 e. The number of urea groups is 1. The first kappa shape index (κ1) is 18.3. The molecule has 0 aliphatic heterocycles. The third kappa shape index (κ3) is 4.73. The van der Waals surface area contributed by atoms with Crippen LogP contribution in [0.25, 0.3) is 0 Å². The number of methoxy groups -OCH3 is 1. The zero-order chi connectivity index (χ0) is 17.4. The monoisotopic (exact) mass is 346 g/mol. The van der Waals surface area contributed by atoms with Crippen molar-refractivity contribution in [3.63, 3.8) is 0 Å². The molecule has 0 aliphatic carbocycles. The van der Waals surface area contributed by atoms with Gasteiger partial charge in [0.15, 0.2) is 0 Å². The summed E-state index contributed by atoms with van der Waals surface area (Å²) in [5, 5.41) is 6.43. The Morgan fingerprint density at radius 1 is 1.08 bits per heavy atom. The van der Waals surface area contributed by atoms with E-state index in [0.717, 1.165) is 17.5 Å². The molecule has 2 rings (SSSR count). The van der Waals surface area contributed by atoms with E-state index in [-0.39, 0.29) is 6.03 Å². The fraction of sp³-hybridized carbons (Fsp3) is 0.316. The van der Waals surface area contributed by atoms with Crippen LogP contribution in [0.15, 0.2) is 54.6 Å². The molecule has 0 saturated heterocycles. The molecular formula is C19H23ClN2O2. The summed E-state index contributed by atoms with van der Waals surface area (Å²) in [6.45, 7) is 2.89. The summed E-state index contributed by atoms with van der Waals surface area (Å²) in [5.74, 6) is 0. The molecule has 0 saturated carbocycles. The number of rotatable bonds is 7. The van der Waals surface area contributed by atoms with E-state index < -0.39 is 5.60 Å². The van der Waals surface area contributed by atoms with E-state index in [9.17, 15) is 4.79 Å². The number of benzene rings is 2. The van der Waals surface area contributed by atoms with E-state index >= 15 is 0 Å². The average Bonchev–Trinajstić information content (AvgIpc) is 2.63. The predicted molar refractivity (Wildman–Crippen MR) is 97.1 cm³/mol. The van der Waals surface area contributed by atoms with Gasteiger partial charge in [-0.05, 0) is 29.7 Å². The molecule has 0 bridgehead atoms. The van der Waals surface area contributed by atoms with Gasteiger partial charge in [-0.25, -0.2) is 4.79 Å². The molecule has 0 heterocycles. The third-order valence-electron chi connectivity index (χ3n) is 4.16. The van der Waals surface area contributed by atoms with E-state index in [2.05, 4.69) is 10.6 Å². The molecule has 2 aromatic carbocycles. The standard InChI is InChI=1S/C19H23ClN2O2/c1-3-19(24-2,16-7-5-4-6-8-16)14-22-18(23)21-13-15-9-11-17(20)12-10-15/h4-12H,3,13-14H2,1-2H3,(H2,21,22,23). The highest BCUT2D eigenvalue weighted by atomic mass is 35.5. The van der Waals surface area contributed by atoms with E-state index in [4.69, 9.17) is 16.3 Å². The van der Waals surface area contributed by atoms with Crippen LogP contribution < -0.4 is 10.6 Å². The SMILES string of the molecule is CCC(CNC(=O)NCc1ccc(Cl)cc1)(OC)c1ccccc1. The molecule has 2 aromatic rings. The van der Waals surface area contributed by atoms with Crippen molar-refractivity contribution in [2.75, 3.05) is 13.7 Å². The molecule has 2 N–H and O–H groups in total. The van der Waals surface area contributed by atoms with Gasteiger partial charge < -0.3 is 15.4 Å². The summed E-state index contributed by atoms with van der Waals surface area (Å²) >= 11 is 5.85. The van der Waals surface area contributed by atoms with Gasteiger partial charge in [-0.15, -0.1) is 0 Å². The van der Waals surface area contributed by atoms with Crippen LogP contribution in [0.3, 0.4) is 0 Å². The molecule has 5 heteroatoms. The Bertz CT molecular complexity index is 640. The summed E-state index contributed by atoms with van der Waals surface area (Å²) < 4.78 is 5.74. The Hall–Kier alpha value is -2.04. The van der Waals surface area contributed by atoms with Gasteiger partial charge in [0.25, 0.3) is 0 Å². The molecule has 1 unspecified atom stereocenters. The second kappa shape index (κ2) is 8.71. The van der Waals surface area contributed by atoms with Crippen molar-refractivity contribution in [2.45, 2.75) is 25.5 Å². The maximum Gasteiger partial charge on any atom is 0.315 e. The Kier molecular flexibility index (Phi) is 6.64. The van der Waals surface area contributed by atoms with Gasteiger partial charge in [0, 0.05) is 18.7 Å². The predicted octanol–water partition coefficient (Wildman–Crippen LogP) is 4.09. The van der Waals surface area contributed by atoms with Gasteiger partial charge in [0.1, 0.15) is 5.60 Å². The maximum absolute atomic E-state index is 12.1. The summed E-state index contributed by atoms with van der Waals surface area (Å²) in [7, 11) is 1.67. The smallest absolute Gasteiger partial charge is 0.315 e. The number of carbonyl (C=O) groups is 1. The number of nitrogens with one attached hydrogen (secondary N) is 2. The van der Waals surface area contributed by atoms with Crippen LogP contribution in [0.5, 0.6) is 0 Å². The van der Waals surface area contributed by atoms with Crippen molar-refractivity contribution >= 4 is 17.6 Å². The fourth-order valence-electron chi connectivity index (χ4n) is 2.58. The Balaban J connectivity index is 1.92. The molecular weight excluding hydrogens is 324 g/mol. The molecule has 0 aromatic heterocycles. The number of halogens is 1. The minimum Gasteiger partial charge on any atom is -0.372 e. The number of hydrogen-bond acceptors (Lipinski definition) is 2. The lowest BCUT2D eigenvalue weighted by Crippen LogP contribution is -2.45. The molecule has 0 spiro atoms. The Morgan fingerprint density at radius 2 is 1.75 bits per heavy atom. The lowest BCUT2D eigenvalue weighted by atomic mass is 9.91. The minimum absolute atomic E-state index is 0.226. The first-order chi connectivity index (χ1) is 11.6. The van der Waals surface area contributed by atoms with Crippen molar-refractivity contribution in [3.05, 3.63) is 70.7 Å². The Labute approximate surface area is 148 Å². The minimum atomic E-state index is -0.529. The maximum atomic E-state index is 12.1. The van der Waals surface area contributed by atoms with E-state index in [1.165, 1.54) is 0 Å². The number of carbonyl (C=O) groups excluding carboxylic acids is 1. The second-order valence-electron chi connectivity index (χ2n) is 5.58. The molecule has 2 amide bonds. The summed E-state index contributed by atoms with van der Waals surface area (Å²) in [5.41, 5.74) is 1.51. The zero-order valence-electron chi connectivity index (χ0n) is 14.0. The molecule has 24 heavy (non-hydrogen) atoms. The number of amides is 2. The van der Waals surface area contributed by atoms with Gasteiger partial charge in [-0.1, -0.05) is 61.0 Å². The molecule has 128 valence electrons. The van der Waals surface area contributed by atoms with Crippen molar-refractivity contribution in [1.29, 1.82) is 0 Å². The number of ether oxygens (including phenoxy) is 1. The van der Waals surface area contributed by atoms with Crippen LogP contribution in [0.4, 0.5) is 4.79 Å². The van der Waals surface area contributed by atoms with Gasteiger partial charge in [-0.3, -0.25) is 0 Å². The fourth-order valence-corrected chi connectivity index (χ4v) is 2.70. The molecule has 0 radical (unpaired) electrons. The topological polar surface area (TPSA) is 50.4 Å². The first-order valence-corrected chi connectivity index (χ1v) is 8.34. The molecule has 0 aliphatic rings. The second-order valence-corrected chi connectivity index (χ2v) is 6.02. The van der Waals surface area contributed by atoms with E-state index in [1.54, 1.807) is 19.2 Å². The normalized spacial score (nSPS) is 13.1. The molecule has 4 nitrogen and oxygen atoms in total. The lowest BCUT2D eigenvalue weighted by Gasteiger charge is -2.32. The van der Waals surface area contributed by atoms with E-state index in [0.29, 0.717) is 18.1 Å². The van der Waals surface area contributed by atoms with Crippen LogP contribution in [-0.2, 0) is 16.9 Å². The van der Waals surface area contributed by atoms with Crippen molar-refractivity contribution in [3.8, 4) is 0 Å². The summed E-state index contributed by atoms with van der Waals surface area (Å²) in [6.07, 6.45) is 0.755. The molecule has 0 fully saturated rings. The van der Waals surface area contributed by atoms with Gasteiger partial charge >= 0.3 is 6.03 Å². The first-order valence-electron chi connectivity index (χ1n) is 7.96. The quantitative estimate of drug-likeness (QED) is 0.793. The zero-order valence-corrected chi connectivity index (χ0v) is 14.8. The van der Waals surface area contributed by atoms with Gasteiger partial charge in [0.2, 0.25) is 0 Å². The van der Waals surface area contributed by atoms with Gasteiger partial charge in [-0.2, -0.15) is 0 Å². The number of hydrogen-bond donors (Lipinski definition) is 2. The Morgan fingerprint density at radius 3 is 2.33 bits per heavy atom. The van der Waals surface area contributed by atoms with Crippen molar-refractivity contribution in [2.24, 2.45) is 0 Å². The highest BCUT2D eigenvalue weighted by Gasteiger charge is 2.30. The van der Waals surface area contributed by atoms with Crippen LogP contribution in [-0.4, -0.2) is 19.7 Å². The third-order valence-corrected chi connectivity index (χ3v) is 4.41. The van der Waals surface area contributed by atoms with Gasteiger partial charge in [0.05, 0.1) is 6.54 Å². The van der Waals surface area contributed by atoms with Crippen molar-refractivity contribution < 1.29 is 9.53 Å².